The van der Waals surface area contributed by atoms with Gasteiger partial charge in [-0.3, -0.25) is 0 Å². The van der Waals surface area contributed by atoms with Crippen molar-refractivity contribution in [2.45, 2.75) is 30.0 Å². The minimum Gasteiger partial charge on any atom is -0.394 e. The Morgan fingerprint density at radius 1 is 1.38 bits per heavy atom. The van der Waals surface area contributed by atoms with Crippen LogP contribution in [0.25, 0.3) is 0 Å². The lowest BCUT2D eigenvalue weighted by atomic mass is 10.0. The first-order chi connectivity index (χ1) is 6.11. The van der Waals surface area contributed by atoms with Gasteiger partial charge in [-0.15, -0.1) is 11.6 Å². The zero-order valence-corrected chi connectivity index (χ0v) is 7.89. The molecule has 0 radical (unpaired) electrons. The maximum absolute atomic E-state index is 9.40. The van der Waals surface area contributed by atoms with E-state index in [4.69, 9.17) is 26.2 Å². The van der Waals surface area contributed by atoms with E-state index in [-0.39, 0.29) is 6.61 Å². The van der Waals surface area contributed by atoms with Crippen LogP contribution in [0.2, 0.25) is 0 Å². The fraction of sp³-hybridized carbons (Fsp3) is 1.00. The van der Waals surface area contributed by atoms with Crippen LogP contribution in [-0.4, -0.2) is 59.0 Å². The molecule has 3 N–H and O–H groups in total. The second kappa shape index (κ2) is 4.54. The summed E-state index contributed by atoms with van der Waals surface area (Å²) in [5.74, 6) is 0. The van der Waals surface area contributed by atoms with E-state index in [1.165, 1.54) is 7.11 Å². The molecule has 5 atom stereocenters. The topological polar surface area (TPSA) is 79.2 Å². The van der Waals surface area contributed by atoms with Crippen molar-refractivity contribution >= 4 is 11.6 Å². The van der Waals surface area contributed by atoms with Crippen LogP contribution in [0.15, 0.2) is 0 Å². The number of rotatable bonds is 2. The number of ether oxygens (including phenoxy) is 2. The summed E-state index contributed by atoms with van der Waals surface area (Å²) in [7, 11) is 1.37. The highest BCUT2D eigenvalue weighted by Crippen LogP contribution is 2.25. The molecule has 0 aromatic carbocycles. The Hall–Kier alpha value is 0.0900. The number of halogens is 1. The van der Waals surface area contributed by atoms with E-state index in [0.29, 0.717) is 0 Å². The molecule has 0 spiro atoms. The van der Waals surface area contributed by atoms with E-state index < -0.39 is 30.0 Å². The van der Waals surface area contributed by atoms with Crippen molar-refractivity contribution in [1.29, 1.82) is 0 Å². The molecule has 13 heavy (non-hydrogen) atoms. The van der Waals surface area contributed by atoms with Crippen molar-refractivity contribution in [2.24, 2.45) is 0 Å². The summed E-state index contributed by atoms with van der Waals surface area (Å²) in [5.41, 5.74) is 0. The Morgan fingerprint density at radius 3 is 2.46 bits per heavy atom. The predicted molar refractivity (Wildman–Crippen MR) is 44.4 cm³/mol. The molecule has 1 saturated heterocycles. The molecule has 1 fully saturated rings. The first-order valence-electron chi connectivity index (χ1n) is 3.91. The van der Waals surface area contributed by atoms with Gasteiger partial charge in [0.25, 0.3) is 0 Å². The molecule has 1 rings (SSSR count). The van der Waals surface area contributed by atoms with Crippen molar-refractivity contribution in [3.63, 3.8) is 0 Å². The third-order valence-corrected chi connectivity index (χ3v) is 2.50. The van der Waals surface area contributed by atoms with Gasteiger partial charge in [0.15, 0.2) is 6.29 Å². The molecule has 0 aromatic heterocycles. The average Bonchev–Trinajstić information content (AvgIpc) is 2.15. The van der Waals surface area contributed by atoms with Crippen molar-refractivity contribution < 1.29 is 24.8 Å². The number of aliphatic hydroxyl groups is 3. The van der Waals surface area contributed by atoms with E-state index in [1.807, 2.05) is 0 Å². The summed E-state index contributed by atoms with van der Waals surface area (Å²) in [5, 5.41) is 26.7. The molecular weight excluding hydrogens is 200 g/mol. The van der Waals surface area contributed by atoms with Crippen LogP contribution >= 0.6 is 11.6 Å². The lowest BCUT2D eigenvalue weighted by molar-refractivity contribution is -0.245. The number of hydrogen-bond donors (Lipinski definition) is 3. The standard InChI is InChI=1S/C7H13ClO5/c1-12-7-4(8)6(11)5(10)3(2-9)13-7/h3-7,9-11H,2H2,1H3/t3-,4-,5+,6-,7+/m1/s1. The van der Waals surface area contributed by atoms with Gasteiger partial charge in [0.05, 0.1) is 6.61 Å². The second-order valence-electron chi connectivity index (χ2n) is 2.89. The van der Waals surface area contributed by atoms with Crippen LogP contribution in [0.4, 0.5) is 0 Å². The maximum Gasteiger partial charge on any atom is 0.176 e. The zero-order chi connectivity index (χ0) is 10.0. The summed E-state index contributed by atoms with van der Waals surface area (Å²) in [4.78, 5) is 0. The van der Waals surface area contributed by atoms with Gasteiger partial charge in [0.2, 0.25) is 0 Å². The molecule has 0 amide bonds. The minimum absolute atomic E-state index is 0.387. The Balaban J connectivity index is 2.66. The van der Waals surface area contributed by atoms with Gasteiger partial charge in [-0.2, -0.15) is 0 Å². The van der Waals surface area contributed by atoms with E-state index in [2.05, 4.69) is 0 Å². The van der Waals surface area contributed by atoms with E-state index in [9.17, 15) is 10.2 Å². The van der Waals surface area contributed by atoms with Gasteiger partial charge in [-0.05, 0) is 0 Å². The molecule has 5 nitrogen and oxygen atoms in total. The number of methoxy groups -OCH3 is 1. The number of aliphatic hydroxyl groups excluding tert-OH is 3. The van der Waals surface area contributed by atoms with Crippen LogP contribution in [0, 0.1) is 0 Å². The van der Waals surface area contributed by atoms with E-state index in [0.717, 1.165) is 0 Å². The van der Waals surface area contributed by atoms with Gasteiger partial charge < -0.3 is 24.8 Å². The van der Waals surface area contributed by atoms with Crippen molar-refractivity contribution in [2.75, 3.05) is 13.7 Å². The summed E-state index contributed by atoms with van der Waals surface area (Å²) < 4.78 is 9.88. The molecule has 0 bridgehead atoms. The van der Waals surface area contributed by atoms with Crippen LogP contribution in [-0.2, 0) is 9.47 Å². The summed E-state index contributed by atoms with van der Waals surface area (Å²) in [6.07, 6.45) is -4.00. The smallest absolute Gasteiger partial charge is 0.176 e. The highest BCUT2D eigenvalue weighted by Gasteiger charge is 2.43. The summed E-state index contributed by atoms with van der Waals surface area (Å²) >= 11 is 5.71. The molecular formula is C7H13ClO5. The van der Waals surface area contributed by atoms with Gasteiger partial charge >= 0.3 is 0 Å². The average molecular weight is 213 g/mol. The third-order valence-electron chi connectivity index (χ3n) is 2.04. The minimum atomic E-state index is -1.18. The first kappa shape index (κ1) is 11.2. The Labute approximate surface area is 80.8 Å². The SMILES string of the molecule is CO[C@H]1O[C@H](CO)[C@H](O)[C@H](O)[C@H]1Cl. The predicted octanol–water partition coefficient (Wildman–Crippen LogP) is -1.32. The molecule has 0 aromatic rings. The molecule has 0 aliphatic carbocycles. The monoisotopic (exact) mass is 212 g/mol. The maximum atomic E-state index is 9.40. The second-order valence-corrected chi connectivity index (χ2v) is 3.39. The van der Waals surface area contributed by atoms with E-state index in [1.54, 1.807) is 0 Å². The molecule has 0 saturated carbocycles. The van der Waals surface area contributed by atoms with Gasteiger partial charge in [-0.1, -0.05) is 0 Å². The fourth-order valence-electron chi connectivity index (χ4n) is 1.23. The summed E-state index contributed by atoms with van der Waals surface area (Å²) in [6.45, 7) is -0.387. The fourth-order valence-corrected chi connectivity index (χ4v) is 1.55. The van der Waals surface area contributed by atoms with Gasteiger partial charge in [0.1, 0.15) is 23.7 Å². The lowest BCUT2D eigenvalue weighted by Gasteiger charge is -2.38. The zero-order valence-electron chi connectivity index (χ0n) is 7.13. The van der Waals surface area contributed by atoms with Crippen LogP contribution < -0.4 is 0 Å². The van der Waals surface area contributed by atoms with Gasteiger partial charge in [-0.25, -0.2) is 0 Å². The largest absolute Gasteiger partial charge is 0.394 e. The molecule has 1 aliphatic rings. The summed E-state index contributed by atoms with van der Waals surface area (Å²) in [6, 6.07) is 0. The van der Waals surface area contributed by atoms with Gasteiger partial charge in [0, 0.05) is 7.11 Å². The normalized spacial score (nSPS) is 46.4. The van der Waals surface area contributed by atoms with Crippen LogP contribution in [0.5, 0.6) is 0 Å². The Kier molecular flexibility index (Phi) is 3.90. The highest BCUT2D eigenvalue weighted by atomic mass is 35.5. The van der Waals surface area contributed by atoms with Crippen LogP contribution in [0.1, 0.15) is 0 Å². The first-order valence-corrected chi connectivity index (χ1v) is 4.34. The molecule has 0 unspecified atom stereocenters. The number of hydrogen-bond acceptors (Lipinski definition) is 5. The molecule has 78 valence electrons. The Morgan fingerprint density at radius 2 is 2.00 bits per heavy atom. The Bertz CT molecular complexity index is 147. The molecule has 6 heteroatoms. The van der Waals surface area contributed by atoms with Crippen molar-refractivity contribution in [3.8, 4) is 0 Å². The number of alkyl halides is 1. The quantitative estimate of drug-likeness (QED) is 0.495. The van der Waals surface area contributed by atoms with Crippen molar-refractivity contribution in [1.82, 2.24) is 0 Å². The van der Waals surface area contributed by atoms with Crippen molar-refractivity contribution in [3.05, 3.63) is 0 Å². The lowest BCUT2D eigenvalue weighted by Crippen LogP contribution is -2.57. The van der Waals surface area contributed by atoms with Crippen LogP contribution in [0.3, 0.4) is 0 Å². The highest BCUT2D eigenvalue weighted by molar-refractivity contribution is 6.21. The molecule has 1 aliphatic heterocycles. The van der Waals surface area contributed by atoms with E-state index >= 15 is 0 Å². The molecule has 1 heterocycles. The third kappa shape index (κ3) is 2.12.